The first-order valence-electron chi connectivity index (χ1n) is 6.12. The van der Waals surface area contributed by atoms with Crippen LogP contribution in [-0.2, 0) is 24.2 Å². The Morgan fingerprint density at radius 3 is 2.38 bits per heavy atom. The lowest BCUT2D eigenvalue weighted by atomic mass is 10.1. The summed E-state index contributed by atoms with van der Waals surface area (Å²) in [5.41, 5.74) is 0. The summed E-state index contributed by atoms with van der Waals surface area (Å²) in [6.07, 6.45) is -1.58. The molecule has 0 unspecified atom stereocenters. The summed E-state index contributed by atoms with van der Waals surface area (Å²) >= 11 is 0. The number of nitrogens with one attached hydrogen (secondary N) is 2. The van der Waals surface area contributed by atoms with Crippen LogP contribution in [0.1, 0.15) is 13.3 Å². The molecule has 0 radical (unpaired) electrons. The number of amides is 2. The highest BCUT2D eigenvalue weighted by Crippen LogP contribution is 2.05. The molecule has 0 rings (SSSR count). The second kappa shape index (κ2) is 9.63. The van der Waals surface area contributed by atoms with E-state index in [0.29, 0.717) is 0 Å². The topological polar surface area (TPSA) is 162 Å². The van der Waals surface area contributed by atoms with E-state index in [9.17, 15) is 23.1 Å². The molecule has 2 amide bonds. The van der Waals surface area contributed by atoms with Crippen molar-refractivity contribution in [3.63, 3.8) is 0 Å². The van der Waals surface area contributed by atoms with Gasteiger partial charge in [0.15, 0.2) is 0 Å². The Morgan fingerprint density at radius 1 is 1.24 bits per heavy atom. The minimum atomic E-state index is -4.63. The van der Waals surface area contributed by atoms with E-state index in [1.165, 1.54) is 6.92 Å². The van der Waals surface area contributed by atoms with Crippen molar-refractivity contribution in [1.82, 2.24) is 10.6 Å². The Kier molecular flexibility index (Phi) is 9.05. The number of carbonyl (C=O) groups excluding carboxylic acids is 2. The third kappa shape index (κ3) is 10.1. The SMILES string of the molecule is C[C@@H](COS(=O)(=O)O)[C@H](O)C(=O)NCCC(=O)NCCO. The summed E-state index contributed by atoms with van der Waals surface area (Å²) < 4.78 is 33.1. The van der Waals surface area contributed by atoms with Gasteiger partial charge in [-0.1, -0.05) is 6.92 Å². The number of hydrogen-bond acceptors (Lipinski definition) is 7. The van der Waals surface area contributed by atoms with E-state index in [1.54, 1.807) is 0 Å². The molecule has 0 aliphatic carbocycles. The summed E-state index contributed by atoms with van der Waals surface area (Å²) in [5, 5.41) is 22.7. The molecule has 10 nitrogen and oxygen atoms in total. The molecule has 0 saturated carbocycles. The molecule has 0 heterocycles. The molecule has 21 heavy (non-hydrogen) atoms. The Bertz CT molecular complexity index is 438. The number of rotatable bonds is 10. The van der Waals surface area contributed by atoms with Gasteiger partial charge in [-0.15, -0.1) is 0 Å². The van der Waals surface area contributed by atoms with Crippen LogP contribution in [0.15, 0.2) is 0 Å². The van der Waals surface area contributed by atoms with Crippen molar-refractivity contribution in [3.05, 3.63) is 0 Å². The van der Waals surface area contributed by atoms with Crippen LogP contribution in [0.2, 0.25) is 0 Å². The van der Waals surface area contributed by atoms with Crippen LogP contribution >= 0.6 is 0 Å². The highest BCUT2D eigenvalue weighted by molar-refractivity contribution is 7.80. The van der Waals surface area contributed by atoms with Gasteiger partial charge in [-0.3, -0.25) is 14.1 Å². The van der Waals surface area contributed by atoms with Gasteiger partial charge in [0.25, 0.3) is 0 Å². The zero-order valence-corrected chi connectivity index (χ0v) is 12.3. The van der Waals surface area contributed by atoms with Crippen LogP contribution < -0.4 is 10.6 Å². The van der Waals surface area contributed by atoms with Crippen LogP contribution in [0.3, 0.4) is 0 Å². The largest absolute Gasteiger partial charge is 0.397 e. The van der Waals surface area contributed by atoms with Crippen molar-refractivity contribution in [1.29, 1.82) is 0 Å². The van der Waals surface area contributed by atoms with E-state index in [-0.39, 0.29) is 32.0 Å². The van der Waals surface area contributed by atoms with Crippen molar-refractivity contribution >= 4 is 22.2 Å². The lowest BCUT2D eigenvalue weighted by Crippen LogP contribution is -2.41. The predicted molar refractivity (Wildman–Crippen MR) is 70.4 cm³/mol. The second-order valence-corrected chi connectivity index (χ2v) is 5.34. The Morgan fingerprint density at radius 2 is 1.86 bits per heavy atom. The van der Waals surface area contributed by atoms with E-state index < -0.39 is 34.9 Å². The molecule has 11 heteroatoms. The van der Waals surface area contributed by atoms with Gasteiger partial charge < -0.3 is 20.8 Å². The smallest absolute Gasteiger partial charge is 0.395 e. The molecule has 0 fully saturated rings. The van der Waals surface area contributed by atoms with E-state index in [4.69, 9.17) is 9.66 Å². The van der Waals surface area contributed by atoms with Gasteiger partial charge in [-0.2, -0.15) is 8.42 Å². The molecule has 0 aliphatic heterocycles. The van der Waals surface area contributed by atoms with Crippen molar-refractivity contribution in [2.75, 3.05) is 26.3 Å². The number of aliphatic hydroxyl groups is 2. The fraction of sp³-hybridized carbons (Fsp3) is 0.800. The Labute approximate surface area is 122 Å². The zero-order valence-electron chi connectivity index (χ0n) is 11.5. The van der Waals surface area contributed by atoms with E-state index in [0.717, 1.165) is 0 Å². The fourth-order valence-corrected chi connectivity index (χ4v) is 1.62. The van der Waals surface area contributed by atoms with Crippen LogP contribution in [0, 0.1) is 5.92 Å². The third-order valence-electron chi connectivity index (χ3n) is 2.37. The van der Waals surface area contributed by atoms with Gasteiger partial charge in [0.2, 0.25) is 11.8 Å². The van der Waals surface area contributed by atoms with Gasteiger partial charge in [0.05, 0.1) is 13.2 Å². The zero-order chi connectivity index (χ0) is 16.5. The molecular formula is C10H20N2O8S. The van der Waals surface area contributed by atoms with Crippen LogP contribution in [0.4, 0.5) is 0 Å². The second-order valence-electron chi connectivity index (χ2n) is 4.25. The molecular weight excluding hydrogens is 308 g/mol. The van der Waals surface area contributed by atoms with E-state index in [2.05, 4.69) is 14.8 Å². The van der Waals surface area contributed by atoms with Gasteiger partial charge in [-0.05, 0) is 0 Å². The van der Waals surface area contributed by atoms with Gasteiger partial charge in [-0.25, -0.2) is 4.18 Å². The Hall–Kier alpha value is -1.27. The predicted octanol–water partition coefficient (Wildman–Crippen LogP) is -2.58. The van der Waals surface area contributed by atoms with Crippen molar-refractivity contribution in [2.24, 2.45) is 5.92 Å². The van der Waals surface area contributed by atoms with E-state index in [1.807, 2.05) is 0 Å². The Balaban J connectivity index is 4.01. The third-order valence-corrected chi connectivity index (χ3v) is 2.81. The highest BCUT2D eigenvalue weighted by atomic mass is 32.3. The highest BCUT2D eigenvalue weighted by Gasteiger charge is 2.24. The molecule has 5 N–H and O–H groups in total. The summed E-state index contributed by atoms with van der Waals surface area (Å²) in [6.45, 7) is 0.675. The maximum Gasteiger partial charge on any atom is 0.397 e. The normalized spacial score (nSPS) is 14.3. The first kappa shape index (κ1) is 19.7. The molecule has 0 aromatic carbocycles. The molecule has 0 aromatic rings. The van der Waals surface area contributed by atoms with Gasteiger partial charge in [0.1, 0.15) is 6.10 Å². The quantitative estimate of drug-likeness (QED) is 0.273. The van der Waals surface area contributed by atoms with Crippen LogP contribution in [0.25, 0.3) is 0 Å². The summed E-state index contributed by atoms with van der Waals surface area (Å²) in [5.74, 6) is -2.05. The summed E-state index contributed by atoms with van der Waals surface area (Å²) in [4.78, 5) is 22.7. The first-order chi connectivity index (χ1) is 9.67. The summed E-state index contributed by atoms with van der Waals surface area (Å²) in [7, 11) is -4.63. The molecule has 0 bridgehead atoms. The molecule has 0 aliphatic rings. The fourth-order valence-electron chi connectivity index (χ4n) is 1.23. The maximum absolute atomic E-state index is 11.5. The number of hydrogen-bond donors (Lipinski definition) is 5. The summed E-state index contributed by atoms with van der Waals surface area (Å²) in [6, 6.07) is 0. The monoisotopic (exact) mass is 328 g/mol. The standard InChI is InChI=1S/C10H20N2O8S/c1-7(6-20-21(17,18)19)9(15)10(16)12-3-2-8(14)11-4-5-13/h7,9,13,15H,2-6H2,1H3,(H,11,14)(H,12,16)(H,17,18,19)/t7-,9-/m0/s1. The van der Waals surface area contributed by atoms with Gasteiger partial charge in [0, 0.05) is 25.4 Å². The number of carbonyl (C=O) groups is 2. The molecule has 0 aromatic heterocycles. The number of aliphatic hydroxyl groups excluding tert-OH is 2. The lowest BCUT2D eigenvalue weighted by Gasteiger charge is -2.17. The lowest BCUT2D eigenvalue weighted by molar-refractivity contribution is -0.132. The van der Waals surface area contributed by atoms with Crippen molar-refractivity contribution in [2.45, 2.75) is 19.4 Å². The maximum atomic E-state index is 11.5. The van der Waals surface area contributed by atoms with Crippen molar-refractivity contribution < 1.29 is 37.0 Å². The molecule has 0 saturated heterocycles. The van der Waals surface area contributed by atoms with E-state index >= 15 is 0 Å². The molecule has 0 spiro atoms. The van der Waals surface area contributed by atoms with Crippen LogP contribution in [0.5, 0.6) is 0 Å². The minimum absolute atomic E-state index is 0.0287. The molecule has 2 atom stereocenters. The van der Waals surface area contributed by atoms with Crippen molar-refractivity contribution in [3.8, 4) is 0 Å². The van der Waals surface area contributed by atoms with Gasteiger partial charge >= 0.3 is 10.4 Å². The molecule has 124 valence electrons. The minimum Gasteiger partial charge on any atom is -0.395 e. The van der Waals surface area contributed by atoms with Crippen LogP contribution in [-0.4, -0.2) is 67.4 Å². The average Bonchev–Trinajstić information content (AvgIpc) is 2.40. The average molecular weight is 328 g/mol. The first-order valence-corrected chi connectivity index (χ1v) is 7.49.